The van der Waals surface area contributed by atoms with E-state index in [2.05, 4.69) is 46.3 Å². The summed E-state index contributed by atoms with van der Waals surface area (Å²) in [5.41, 5.74) is 5.10. The summed E-state index contributed by atoms with van der Waals surface area (Å²) in [6, 6.07) is 25.4. The molecule has 5 heteroatoms. The van der Waals surface area contributed by atoms with Crippen LogP contribution in [0.15, 0.2) is 84.2 Å². The molecule has 0 unspecified atom stereocenters. The van der Waals surface area contributed by atoms with Crippen molar-refractivity contribution in [3.63, 3.8) is 0 Å². The van der Waals surface area contributed by atoms with E-state index in [4.69, 9.17) is 0 Å². The number of benzene rings is 3. The molecule has 1 heterocycles. The zero-order valence-electron chi connectivity index (χ0n) is 17.3. The van der Waals surface area contributed by atoms with Gasteiger partial charge < -0.3 is 0 Å². The number of carbonyl (C=O) groups is 1. The Hall–Kier alpha value is -3.15. The average Bonchev–Trinajstić information content (AvgIpc) is 3.25. The minimum Gasteiger partial charge on any atom is -0.293 e. The number of thiazole rings is 1. The van der Waals surface area contributed by atoms with Crippen LogP contribution in [0.4, 0.5) is 4.39 Å². The lowest BCUT2D eigenvalue weighted by Gasteiger charge is -2.22. The average molecular weight is 431 g/mol. The van der Waals surface area contributed by atoms with Crippen LogP contribution in [0.5, 0.6) is 0 Å². The Morgan fingerprint density at radius 3 is 2.00 bits per heavy atom. The number of hydrogen-bond acceptors (Lipinski definition) is 4. The molecular weight excluding hydrogens is 407 g/mol. The molecule has 31 heavy (non-hydrogen) atoms. The lowest BCUT2D eigenvalue weighted by Crippen LogP contribution is -2.22. The van der Waals surface area contributed by atoms with E-state index in [-0.39, 0.29) is 11.6 Å². The van der Waals surface area contributed by atoms with Gasteiger partial charge in [0.15, 0.2) is 5.78 Å². The Morgan fingerprint density at radius 2 is 1.42 bits per heavy atom. The number of carbonyl (C=O) groups excluding carboxylic acids is 1. The topological polar surface area (TPSA) is 33.2 Å². The standard InChI is InChI=1S/C26H23FN2OS/c1-19(30)25-18-31-26(28-25)17-29(16-21-9-13-24(27)14-10-21)15-20-7-11-23(12-8-20)22-5-3-2-4-6-22/h2-14,18H,15-17H2,1H3. The smallest absolute Gasteiger partial charge is 0.178 e. The van der Waals surface area contributed by atoms with Crippen molar-refractivity contribution in [2.45, 2.75) is 26.6 Å². The van der Waals surface area contributed by atoms with E-state index in [0.717, 1.165) is 17.1 Å². The molecule has 0 aliphatic rings. The predicted molar refractivity (Wildman–Crippen MR) is 123 cm³/mol. The number of aromatic nitrogens is 1. The maximum Gasteiger partial charge on any atom is 0.178 e. The number of ketones is 1. The van der Waals surface area contributed by atoms with Crippen molar-refractivity contribution in [3.8, 4) is 11.1 Å². The zero-order valence-corrected chi connectivity index (χ0v) is 18.1. The molecule has 0 aliphatic heterocycles. The first kappa shape index (κ1) is 21.1. The Kier molecular flexibility index (Phi) is 6.65. The third-order valence-corrected chi connectivity index (χ3v) is 5.89. The fourth-order valence-electron chi connectivity index (χ4n) is 3.44. The predicted octanol–water partition coefficient (Wildman–Crippen LogP) is 6.35. The van der Waals surface area contributed by atoms with E-state index in [1.54, 1.807) is 0 Å². The van der Waals surface area contributed by atoms with Gasteiger partial charge in [0.05, 0.1) is 6.54 Å². The number of rotatable bonds is 8. The van der Waals surface area contributed by atoms with E-state index in [9.17, 15) is 9.18 Å². The monoisotopic (exact) mass is 430 g/mol. The van der Waals surface area contributed by atoms with Crippen molar-refractivity contribution in [2.75, 3.05) is 0 Å². The molecule has 4 aromatic rings. The maximum atomic E-state index is 13.3. The van der Waals surface area contributed by atoms with Gasteiger partial charge in [0.1, 0.15) is 16.5 Å². The Morgan fingerprint density at radius 1 is 0.839 bits per heavy atom. The Labute approximate surface area is 185 Å². The second-order valence-corrected chi connectivity index (χ2v) is 8.46. The van der Waals surface area contributed by atoms with Crippen LogP contribution in [0.25, 0.3) is 11.1 Å². The van der Waals surface area contributed by atoms with Gasteiger partial charge in [-0.3, -0.25) is 9.69 Å². The summed E-state index contributed by atoms with van der Waals surface area (Å²) >= 11 is 1.50. The third kappa shape index (κ3) is 5.72. The molecule has 0 atom stereocenters. The highest BCUT2D eigenvalue weighted by Crippen LogP contribution is 2.22. The first-order valence-corrected chi connectivity index (χ1v) is 11.0. The molecule has 0 fully saturated rings. The highest BCUT2D eigenvalue weighted by atomic mass is 32.1. The highest BCUT2D eigenvalue weighted by molar-refractivity contribution is 7.09. The molecule has 1 aromatic heterocycles. The number of Topliss-reactive ketones (excluding diaryl/α,β-unsaturated/α-hetero) is 1. The molecular formula is C26H23FN2OS. The molecule has 0 saturated carbocycles. The lowest BCUT2D eigenvalue weighted by molar-refractivity contribution is 0.101. The normalized spacial score (nSPS) is 11.1. The summed E-state index contributed by atoms with van der Waals surface area (Å²) in [7, 11) is 0. The van der Waals surface area contributed by atoms with Crippen molar-refractivity contribution in [1.29, 1.82) is 0 Å². The van der Waals surface area contributed by atoms with Crippen molar-refractivity contribution in [3.05, 3.63) is 112 Å². The summed E-state index contributed by atoms with van der Waals surface area (Å²) in [6.07, 6.45) is 0. The molecule has 0 amide bonds. The first-order chi connectivity index (χ1) is 15.1. The largest absolute Gasteiger partial charge is 0.293 e. The molecule has 0 bridgehead atoms. The number of halogens is 1. The van der Waals surface area contributed by atoms with E-state index in [1.165, 1.54) is 47.1 Å². The molecule has 0 radical (unpaired) electrons. The minimum absolute atomic E-state index is 0.0240. The minimum atomic E-state index is -0.238. The molecule has 3 nitrogen and oxygen atoms in total. The molecule has 0 saturated heterocycles. The van der Waals surface area contributed by atoms with Gasteiger partial charge in [-0.15, -0.1) is 11.3 Å². The van der Waals surface area contributed by atoms with Crippen LogP contribution in [-0.2, 0) is 19.6 Å². The summed E-state index contributed by atoms with van der Waals surface area (Å²) in [5.74, 6) is -0.262. The van der Waals surface area contributed by atoms with Crippen molar-refractivity contribution < 1.29 is 9.18 Å². The van der Waals surface area contributed by atoms with E-state index < -0.39 is 0 Å². The van der Waals surface area contributed by atoms with Crippen LogP contribution in [0, 0.1) is 5.82 Å². The molecule has 0 spiro atoms. The molecule has 3 aromatic carbocycles. The fourth-order valence-corrected chi connectivity index (χ4v) is 4.32. The van der Waals surface area contributed by atoms with Crippen LogP contribution in [0.1, 0.15) is 33.5 Å². The van der Waals surface area contributed by atoms with Crippen LogP contribution >= 0.6 is 11.3 Å². The van der Waals surface area contributed by atoms with Crippen LogP contribution in [-0.4, -0.2) is 15.7 Å². The van der Waals surface area contributed by atoms with Gasteiger partial charge >= 0.3 is 0 Å². The van der Waals surface area contributed by atoms with Crippen LogP contribution in [0.2, 0.25) is 0 Å². The Balaban J connectivity index is 1.52. The van der Waals surface area contributed by atoms with E-state index >= 15 is 0 Å². The van der Waals surface area contributed by atoms with Gasteiger partial charge in [-0.2, -0.15) is 0 Å². The second-order valence-electron chi connectivity index (χ2n) is 7.52. The Bertz CT molecular complexity index is 1140. The van der Waals surface area contributed by atoms with E-state index in [1.807, 2.05) is 35.7 Å². The van der Waals surface area contributed by atoms with Gasteiger partial charge in [0.25, 0.3) is 0 Å². The first-order valence-electron chi connectivity index (χ1n) is 10.1. The third-order valence-electron chi connectivity index (χ3n) is 5.06. The van der Waals surface area contributed by atoms with Crippen molar-refractivity contribution >= 4 is 17.1 Å². The molecule has 156 valence electrons. The van der Waals surface area contributed by atoms with Gasteiger partial charge in [-0.25, -0.2) is 9.37 Å². The van der Waals surface area contributed by atoms with Gasteiger partial charge in [-0.05, 0) is 34.4 Å². The molecule has 0 N–H and O–H groups in total. The van der Waals surface area contributed by atoms with Crippen molar-refractivity contribution in [2.24, 2.45) is 0 Å². The summed E-state index contributed by atoms with van der Waals surface area (Å²) in [5, 5.41) is 2.70. The lowest BCUT2D eigenvalue weighted by atomic mass is 10.0. The molecule has 0 aliphatic carbocycles. The summed E-state index contributed by atoms with van der Waals surface area (Å²) < 4.78 is 13.3. The summed E-state index contributed by atoms with van der Waals surface area (Å²) in [4.78, 5) is 18.3. The SMILES string of the molecule is CC(=O)c1csc(CN(Cc2ccc(F)cc2)Cc2ccc(-c3ccccc3)cc2)n1. The maximum absolute atomic E-state index is 13.3. The van der Waals surface area contributed by atoms with Gasteiger partial charge in [0, 0.05) is 25.4 Å². The van der Waals surface area contributed by atoms with Gasteiger partial charge in [0.2, 0.25) is 0 Å². The quantitative estimate of drug-likeness (QED) is 0.305. The second kappa shape index (κ2) is 9.77. The van der Waals surface area contributed by atoms with Crippen LogP contribution in [0.3, 0.4) is 0 Å². The van der Waals surface area contributed by atoms with E-state index in [0.29, 0.717) is 18.8 Å². The van der Waals surface area contributed by atoms with Gasteiger partial charge in [-0.1, -0.05) is 66.7 Å². The molecule has 4 rings (SSSR count). The number of hydrogen-bond donors (Lipinski definition) is 0. The number of nitrogens with zero attached hydrogens (tertiary/aromatic N) is 2. The highest BCUT2D eigenvalue weighted by Gasteiger charge is 2.13. The van der Waals surface area contributed by atoms with Crippen molar-refractivity contribution in [1.82, 2.24) is 9.88 Å². The fraction of sp³-hybridized carbons (Fsp3) is 0.154. The van der Waals surface area contributed by atoms with Crippen LogP contribution < -0.4 is 0 Å². The zero-order chi connectivity index (χ0) is 21.6. The summed E-state index contributed by atoms with van der Waals surface area (Å²) in [6.45, 7) is 3.54.